The highest BCUT2D eigenvalue weighted by atomic mass is 16.5. The molecule has 0 unspecified atom stereocenters. The van der Waals surface area contributed by atoms with E-state index < -0.39 is 30.2 Å². The molecule has 1 rings (SSSR count). The van der Waals surface area contributed by atoms with E-state index in [-0.39, 0.29) is 35.4 Å². The van der Waals surface area contributed by atoms with Gasteiger partial charge in [0.15, 0.2) is 0 Å². The van der Waals surface area contributed by atoms with E-state index in [1.54, 1.807) is 27.7 Å². The fourth-order valence-electron chi connectivity index (χ4n) is 1.94. The average molecular weight is 364 g/mol. The number of hydrogen-bond acceptors (Lipinski definition) is 7. The van der Waals surface area contributed by atoms with Gasteiger partial charge in [0.2, 0.25) is 5.91 Å². The summed E-state index contributed by atoms with van der Waals surface area (Å²) < 4.78 is 10.2. The molecule has 142 valence electrons. The molecule has 0 aliphatic rings. The summed E-state index contributed by atoms with van der Waals surface area (Å²) in [4.78, 5) is 46.5. The number of carbonyl (C=O) groups excluding carboxylic acids is 4. The maximum absolute atomic E-state index is 12.1. The Balaban J connectivity index is 3.10. The van der Waals surface area contributed by atoms with E-state index in [0.29, 0.717) is 0 Å². The zero-order chi connectivity index (χ0) is 19.9. The Morgan fingerprint density at radius 2 is 1.35 bits per heavy atom. The van der Waals surface area contributed by atoms with Crippen molar-refractivity contribution in [2.45, 2.75) is 52.7 Å². The number of nitrogens with one attached hydrogen (secondary N) is 1. The SMILES string of the molecule is CC(C)OC(=O)c1cc(NC(=O)CCC(=O)[O-])cc(C(=O)OC(C)C)c1. The molecular formula is C18H22NO7-. The van der Waals surface area contributed by atoms with Crippen LogP contribution in [-0.4, -0.2) is 36.0 Å². The van der Waals surface area contributed by atoms with Crippen molar-refractivity contribution in [2.75, 3.05) is 5.32 Å². The monoisotopic (exact) mass is 364 g/mol. The van der Waals surface area contributed by atoms with Gasteiger partial charge in [0, 0.05) is 18.1 Å². The van der Waals surface area contributed by atoms with Crippen LogP contribution in [0.2, 0.25) is 0 Å². The van der Waals surface area contributed by atoms with E-state index in [2.05, 4.69) is 5.32 Å². The van der Waals surface area contributed by atoms with Crippen LogP contribution in [0.1, 0.15) is 61.3 Å². The van der Waals surface area contributed by atoms with Crippen LogP contribution < -0.4 is 10.4 Å². The third kappa shape index (κ3) is 7.33. The standard InChI is InChI=1S/C18H23NO7/c1-10(2)25-17(23)12-7-13(18(24)26-11(3)4)9-14(8-12)19-15(20)5-6-16(21)22/h7-11H,5-6H2,1-4H3,(H,19,20)(H,21,22)/p-1. The number of anilines is 1. The number of aliphatic carboxylic acids is 1. The second-order valence-electron chi connectivity index (χ2n) is 6.13. The molecule has 1 aromatic rings. The van der Waals surface area contributed by atoms with Gasteiger partial charge < -0.3 is 24.7 Å². The minimum atomic E-state index is -1.35. The lowest BCUT2D eigenvalue weighted by atomic mass is 10.1. The number of benzene rings is 1. The molecule has 0 saturated heterocycles. The Bertz CT molecular complexity index is 655. The van der Waals surface area contributed by atoms with Crippen molar-refractivity contribution in [3.05, 3.63) is 29.3 Å². The quantitative estimate of drug-likeness (QED) is 0.690. The van der Waals surface area contributed by atoms with E-state index >= 15 is 0 Å². The third-order valence-corrected chi connectivity index (χ3v) is 2.93. The van der Waals surface area contributed by atoms with Gasteiger partial charge in [-0.15, -0.1) is 0 Å². The molecular weight excluding hydrogens is 342 g/mol. The minimum absolute atomic E-state index is 0.0621. The number of carbonyl (C=O) groups is 4. The molecule has 0 aromatic heterocycles. The molecule has 0 fully saturated rings. The number of carboxylic acids is 1. The van der Waals surface area contributed by atoms with E-state index in [0.717, 1.165) is 0 Å². The van der Waals surface area contributed by atoms with E-state index in [9.17, 15) is 24.3 Å². The summed E-state index contributed by atoms with van der Waals surface area (Å²) in [6.45, 7) is 6.71. The fourth-order valence-corrected chi connectivity index (χ4v) is 1.94. The molecule has 0 saturated carbocycles. The van der Waals surface area contributed by atoms with Crippen molar-refractivity contribution in [1.29, 1.82) is 0 Å². The van der Waals surface area contributed by atoms with Crippen molar-refractivity contribution in [3.63, 3.8) is 0 Å². The first-order valence-electron chi connectivity index (χ1n) is 8.15. The maximum Gasteiger partial charge on any atom is 0.338 e. The highest BCUT2D eigenvalue weighted by Crippen LogP contribution is 2.18. The van der Waals surface area contributed by atoms with Crippen molar-refractivity contribution in [1.82, 2.24) is 0 Å². The van der Waals surface area contributed by atoms with Crippen LogP contribution in [0.15, 0.2) is 18.2 Å². The molecule has 0 aliphatic heterocycles. The van der Waals surface area contributed by atoms with Crippen molar-refractivity contribution < 1.29 is 33.8 Å². The van der Waals surface area contributed by atoms with Gasteiger partial charge in [0.1, 0.15) is 0 Å². The van der Waals surface area contributed by atoms with Gasteiger partial charge in [0.05, 0.1) is 23.3 Å². The first-order valence-corrected chi connectivity index (χ1v) is 8.15. The summed E-state index contributed by atoms with van der Waals surface area (Å²) in [5, 5.41) is 12.9. The summed E-state index contributed by atoms with van der Waals surface area (Å²) in [5.74, 6) is -3.27. The topological polar surface area (TPSA) is 122 Å². The smallest absolute Gasteiger partial charge is 0.338 e. The molecule has 8 nitrogen and oxygen atoms in total. The summed E-state index contributed by atoms with van der Waals surface area (Å²) in [6.07, 6.45) is -1.47. The Morgan fingerprint density at radius 3 is 1.73 bits per heavy atom. The van der Waals surface area contributed by atoms with Gasteiger partial charge in [-0.2, -0.15) is 0 Å². The number of amides is 1. The zero-order valence-electron chi connectivity index (χ0n) is 15.2. The number of hydrogen-bond donors (Lipinski definition) is 1. The van der Waals surface area contributed by atoms with Crippen molar-refractivity contribution >= 4 is 29.5 Å². The van der Waals surface area contributed by atoms with Crippen molar-refractivity contribution in [2.24, 2.45) is 0 Å². The van der Waals surface area contributed by atoms with E-state index in [1.807, 2.05) is 0 Å². The van der Waals surface area contributed by atoms with Gasteiger partial charge >= 0.3 is 11.9 Å². The fraction of sp³-hybridized carbons (Fsp3) is 0.444. The van der Waals surface area contributed by atoms with Crippen molar-refractivity contribution in [3.8, 4) is 0 Å². The van der Waals surface area contributed by atoms with Crippen LogP contribution >= 0.6 is 0 Å². The highest BCUT2D eigenvalue weighted by molar-refractivity contribution is 5.99. The number of ether oxygens (including phenoxy) is 2. The predicted octanol–water partition coefficient (Wildman–Crippen LogP) is 1.29. The van der Waals surface area contributed by atoms with Gasteiger partial charge in [-0.3, -0.25) is 4.79 Å². The third-order valence-electron chi connectivity index (χ3n) is 2.93. The lowest BCUT2D eigenvalue weighted by Crippen LogP contribution is -2.24. The van der Waals surface area contributed by atoms with Crippen LogP contribution in [-0.2, 0) is 19.1 Å². The molecule has 0 aliphatic carbocycles. The number of carboxylic acid groups (broad SMARTS) is 1. The molecule has 0 radical (unpaired) electrons. The summed E-state index contributed by atoms with van der Waals surface area (Å²) in [5.41, 5.74) is 0.279. The highest BCUT2D eigenvalue weighted by Gasteiger charge is 2.17. The van der Waals surface area contributed by atoms with Gasteiger partial charge in [0.25, 0.3) is 0 Å². The van der Waals surface area contributed by atoms with Crippen LogP contribution in [0.3, 0.4) is 0 Å². The maximum atomic E-state index is 12.1. The molecule has 0 spiro atoms. The van der Waals surface area contributed by atoms with Crippen LogP contribution in [0.4, 0.5) is 5.69 Å². The molecule has 0 bridgehead atoms. The summed E-state index contributed by atoms with van der Waals surface area (Å²) >= 11 is 0. The molecule has 26 heavy (non-hydrogen) atoms. The second kappa shape index (κ2) is 9.55. The Labute approximate surface area is 151 Å². The van der Waals surface area contributed by atoms with E-state index in [1.165, 1.54) is 18.2 Å². The van der Waals surface area contributed by atoms with Gasteiger partial charge in [-0.1, -0.05) is 0 Å². The average Bonchev–Trinajstić information content (AvgIpc) is 2.51. The van der Waals surface area contributed by atoms with Crippen LogP contribution in [0.25, 0.3) is 0 Å². The molecule has 1 amide bonds. The number of esters is 2. The molecule has 1 N–H and O–H groups in total. The Morgan fingerprint density at radius 1 is 0.885 bits per heavy atom. The molecule has 1 aromatic carbocycles. The second-order valence-corrected chi connectivity index (χ2v) is 6.13. The first-order chi connectivity index (χ1) is 12.1. The zero-order valence-corrected chi connectivity index (χ0v) is 15.2. The predicted molar refractivity (Wildman–Crippen MR) is 90.4 cm³/mol. The first kappa shape index (κ1) is 21.1. The lowest BCUT2D eigenvalue weighted by Gasteiger charge is -2.13. The largest absolute Gasteiger partial charge is 0.550 e. The normalized spacial score (nSPS) is 10.5. The lowest BCUT2D eigenvalue weighted by molar-refractivity contribution is -0.305. The van der Waals surface area contributed by atoms with Crippen LogP contribution in [0, 0.1) is 0 Å². The summed E-state index contributed by atoms with van der Waals surface area (Å²) in [7, 11) is 0. The molecule has 8 heteroatoms. The molecule has 0 heterocycles. The molecule has 0 atom stereocenters. The Hall–Kier alpha value is -2.90. The van der Waals surface area contributed by atoms with Gasteiger partial charge in [-0.25, -0.2) is 9.59 Å². The Kier molecular flexibility index (Phi) is 7.77. The summed E-state index contributed by atoms with van der Waals surface area (Å²) in [6, 6.07) is 3.99. The van der Waals surface area contributed by atoms with Crippen LogP contribution in [0.5, 0.6) is 0 Å². The minimum Gasteiger partial charge on any atom is -0.550 e. The van der Waals surface area contributed by atoms with E-state index in [4.69, 9.17) is 9.47 Å². The number of rotatable bonds is 8. The van der Waals surface area contributed by atoms with Gasteiger partial charge in [-0.05, 0) is 52.3 Å².